The van der Waals surface area contributed by atoms with Crippen LogP contribution < -0.4 is 10.9 Å². The molecule has 0 radical (unpaired) electrons. The maximum Gasteiger partial charge on any atom is 0.349 e. The predicted molar refractivity (Wildman–Crippen MR) is 90.1 cm³/mol. The van der Waals surface area contributed by atoms with E-state index in [1.54, 1.807) is 42.5 Å². The van der Waals surface area contributed by atoms with Crippen LogP contribution in [-0.4, -0.2) is 5.91 Å². The summed E-state index contributed by atoms with van der Waals surface area (Å²) in [5.74, 6) is -0.518. The summed E-state index contributed by atoms with van der Waals surface area (Å²) in [5, 5.41) is 4.30. The van der Waals surface area contributed by atoms with E-state index in [0.29, 0.717) is 26.6 Å². The van der Waals surface area contributed by atoms with Crippen molar-refractivity contribution in [3.05, 3.63) is 80.1 Å². The van der Waals surface area contributed by atoms with Crippen LogP contribution in [0.5, 0.6) is 0 Å². The van der Waals surface area contributed by atoms with Crippen molar-refractivity contribution in [1.29, 1.82) is 0 Å². The summed E-state index contributed by atoms with van der Waals surface area (Å²) >= 11 is 11.9. The van der Waals surface area contributed by atoms with E-state index in [9.17, 15) is 9.59 Å². The molecule has 0 saturated carbocycles. The highest BCUT2D eigenvalue weighted by Crippen LogP contribution is 2.21. The van der Waals surface area contributed by atoms with Gasteiger partial charge in [-0.3, -0.25) is 4.79 Å². The first kappa shape index (κ1) is 15.6. The first-order valence-electron chi connectivity index (χ1n) is 6.79. The number of halogens is 2. The van der Waals surface area contributed by atoms with Crippen LogP contribution in [0.3, 0.4) is 0 Å². The second kappa shape index (κ2) is 6.44. The van der Waals surface area contributed by atoms with E-state index in [1.807, 2.05) is 0 Å². The lowest BCUT2D eigenvalue weighted by molar-refractivity contribution is 0.0947. The van der Waals surface area contributed by atoms with Crippen molar-refractivity contribution in [2.24, 2.45) is 0 Å². The Hall–Kier alpha value is -2.30. The highest BCUT2D eigenvalue weighted by molar-refractivity contribution is 6.35. The van der Waals surface area contributed by atoms with Gasteiger partial charge in [-0.25, -0.2) is 4.79 Å². The van der Waals surface area contributed by atoms with Gasteiger partial charge in [0.25, 0.3) is 5.91 Å². The van der Waals surface area contributed by atoms with Crippen LogP contribution in [0.1, 0.15) is 15.9 Å². The Morgan fingerprint density at radius 3 is 2.65 bits per heavy atom. The van der Waals surface area contributed by atoms with Gasteiger partial charge >= 0.3 is 5.63 Å². The van der Waals surface area contributed by atoms with Gasteiger partial charge in [-0.05, 0) is 29.8 Å². The third-order valence-electron chi connectivity index (χ3n) is 3.34. The van der Waals surface area contributed by atoms with Gasteiger partial charge in [-0.2, -0.15) is 0 Å². The van der Waals surface area contributed by atoms with E-state index >= 15 is 0 Å². The van der Waals surface area contributed by atoms with Gasteiger partial charge in [0.2, 0.25) is 0 Å². The van der Waals surface area contributed by atoms with E-state index in [-0.39, 0.29) is 12.1 Å². The number of nitrogens with one attached hydrogen (secondary N) is 1. The van der Waals surface area contributed by atoms with Gasteiger partial charge in [0.15, 0.2) is 0 Å². The number of para-hydroxylation sites is 1. The summed E-state index contributed by atoms with van der Waals surface area (Å²) in [6.07, 6.45) is 0. The molecule has 0 aliphatic carbocycles. The lowest BCUT2D eigenvalue weighted by Gasteiger charge is -2.07. The van der Waals surface area contributed by atoms with Crippen molar-refractivity contribution in [2.75, 3.05) is 0 Å². The molecular formula is C17H11Cl2NO3. The number of rotatable bonds is 3. The van der Waals surface area contributed by atoms with Crippen LogP contribution in [0.2, 0.25) is 10.0 Å². The van der Waals surface area contributed by atoms with E-state index in [0.717, 1.165) is 0 Å². The zero-order valence-electron chi connectivity index (χ0n) is 11.8. The quantitative estimate of drug-likeness (QED) is 0.727. The molecule has 0 atom stereocenters. The number of hydrogen-bond acceptors (Lipinski definition) is 3. The standard InChI is InChI=1S/C17H11Cl2NO3/c18-12-6-5-11(14(19)8-12)9-20-16(21)13-7-10-3-1-2-4-15(10)23-17(13)22/h1-8H,9H2,(H,20,21). The summed E-state index contributed by atoms with van der Waals surface area (Å²) in [4.78, 5) is 24.1. The highest BCUT2D eigenvalue weighted by Gasteiger charge is 2.14. The molecule has 3 rings (SSSR count). The van der Waals surface area contributed by atoms with Gasteiger partial charge in [-0.1, -0.05) is 47.5 Å². The minimum atomic E-state index is -0.677. The Morgan fingerprint density at radius 1 is 1.09 bits per heavy atom. The fourth-order valence-electron chi connectivity index (χ4n) is 2.16. The molecule has 3 aromatic rings. The van der Waals surface area contributed by atoms with Gasteiger partial charge in [-0.15, -0.1) is 0 Å². The molecule has 4 nitrogen and oxygen atoms in total. The Balaban J connectivity index is 1.83. The molecule has 23 heavy (non-hydrogen) atoms. The van der Waals surface area contributed by atoms with Gasteiger partial charge in [0, 0.05) is 22.0 Å². The molecule has 0 aliphatic rings. The molecule has 116 valence electrons. The summed E-state index contributed by atoms with van der Waals surface area (Å²) in [7, 11) is 0. The second-order valence-corrected chi connectivity index (χ2v) is 5.75. The molecule has 0 spiro atoms. The lowest BCUT2D eigenvalue weighted by atomic mass is 10.1. The van der Waals surface area contributed by atoms with Crippen LogP contribution in [0.15, 0.2) is 57.7 Å². The molecule has 0 aliphatic heterocycles. The highest BCUT2D eigenvalue weighted by atomic mass is 35.5. The Bertz CT molecular complexity index is 950. The van der Waals surface area contributed by atoms with Crippen LogP contribution >= 0.6 is 23.2 Å². The molecule has 1 N–H and O–H groups in total. The number of benzene rings is 2. The number of fused-ring (bicyclic) bond motifs is 1. The van der Waals surface area contributed by atoms with E-state index in [4.69, 9.17) is 27.6 Å². The number of carbonyl (C=O) groups excluding carboxylic acids is 1. The average Bonchev–Trinajstić information content (AvgIpc) is 2.53. The van der Waals surface area contributed by atoms with Crippen molar-refractivity contribution in [3.8, 4) is 0 Å². The minimum absolute atomic E-state index is 0.0474. The van der Waals surface area contributed by atoms with Crippen molar-refractivity contribution in [2.45, 2.75) is 6.54 Å². The van der Waals surface area contributed by atoms with E-state index < -0.39 is 11.5 Å². The molecule has 0 bridgehead atoms. The van der Waals surface area contributed by atoms with Gasteiger partial charge < -0.3 is 9.73 Å². The van der Waals surface area contributed by atoms with Crippen LogP contribution in [0.4, 0.5) is 0 Å². The van der Waals surface area contributed by atoms with Crippen LogP contribution in [-0.2, 0) is 6.54 Å². The molecule has 1 amide bonds. The van der Waals surface area contributed by atoms with E-state index in [2.05, 4.69) is 5.32 Å². The largest absolute Gasteiger partial charge is 0.422 e. The lowest BCUT2D eigenvalue weighted by Crippen LogP contribution is -2.27. The fourth-order valence-corrected chi connectivity index (χ4v) is 2.63. The molecule has 1 heterocycles. The van der Waals surface area contributed by atoms with Crippen LogP contribution in [0, 0.1) is 0 Å². The Labute approximate surface area is 141 Å². The Kier molecular flexibility index (Phi) is 4.37. The Morgan fingerprint density at radius 2 is 1.87 bits per heavy atom. The predicted octanol–water partition coefficient (Wildman–Crippen LogP) is 4.03. The molecule has 6 heteroatoms. The number of hydrogen-bond donors (Lipinski definition) is 1. The average molecular weight is 348 g/mol. The minimum Gasteiger partial charge on any atom is -0.422 e. The molecule has 2 aromatic carbocycles. The van der Waals surface area contributed by atoms with E-state index in [1.165, 1.54) is 6.07 Å². The van der Waals surface area contributed by atoms with Crippen molar-refractivity contribution in [3.63, 3.8) is 0 Å². The van der Waals surface area contributed by atoms with Gasteiger partial charge in [0.1, 0.15) is 11.1 Å². The normalized spacial score (nSPS) is 10.7. The summed E-state index contributed by atoms with van der Waals surface area (Å²) < 4.78 is 5.15. The second-order valence-electron chi connectivity index (χ2n) is 4.90. The molecule has 1 aromatic heterocycles. The maximum atomic E-state index is 12.2. The molecular weight excluding hydrogens is 337 g/mol. The molecule has 0 unspecified atom stereocenters. The van der Waals surface area contributed by atoms with Crippen LogP contribution in [0.25, 0.3) is 11.0 Å². The molecule has 0 fully saturated rings. The third-order valence-corrected chi connectivity index (χ3v) is 3.93. The van der Waals surface area contributed by atoms with Crippen molar-refractivity contribution in [1.82, 2.24) is 5.32 Å². The fraction of sp³-hybridized carbons (Fsp3) is 0.0588. The first-order chi connectivity index (χ1) is 11.0. The van der Waals surface area contributed by atoms with Crippen molar-refractivity contribution < 1.29 is 9.21 Å². The smallest absolute Gasteiger partial charge is 0.349 e. The number of amides is 1. The first-order valence-corrected chi connectivity index (χ1v) is 7.55. The number of carbonyl (C=O) groups is 1. The molecule has 0 saturated heterocycles. The summed E-state index contributed by atoms with van der Waals surface area (Å²) in [6.45, 7) is 0.182. The monoisotopic (exact) mass is 347 g/mol. The third kappa shape index (κ3) is 3.38. The summed E-state index contributed by atoms with van der Waals surface area (Å²) in [6, 6.07) is 13.5. The topological polar surface area (TPSA) is 59.3 Å². The zero-order valence-corrected chi connectivity index (χ0v) is 13.3. The van der Waals surface area contributed by atoms with Crippen molar-refractivity contribution >= 4 is 40.1 Å². The van der Waals surface area contributed by atoms with Gasteiger partial charge in [0.05, 0.1) is 0 Å². The zero-order chi connectivity index (χ0) is 16.4. The summed E-state index contributed by atoms with van der Waals surface area (Å²) in [5.41, 5.74) is 0.418. The SMILES string of the molecule is O=C(NCc1ccc(Cl)cc1Cl)c1cc2ccccc2oc1=O. The maximum absolute atomic E-state index is 12.2.